The third-order valence-corrected chi connectivity index (χ3v) is 3.24. The Morgan fingerprint density at radius 3 is 2.73 bits per heavy atom. The van der Waals surface area contributed by atoms with Gasteiger partial charge in [0.1, 0.15) is 6.04 Å². The third kappa shape index (κ3) is 2.03. The minimum absolute atomic E-state index is 0.0427. The maximum atomic E-state index is 9.20. The van der Waals surface area contributed by atoms with Crippen LogP contribution in [-0.2, 0) is 0 Å². The van der Waals surface area contributed by atoms with Crippen LogP contribution in [0, 0.1) is 11.3 Å². The van der Waals surface area contributed by atoms with Crippen molar-refractivity contribution in [2.75, 3.05) is 13.6 Å². The quantitative estimate of drug-likeness (QED) is 0.696. The molecule has 0 spiro atoms. The minimum atomic E-state index is 0.0427. The lowest BCUT2D eigenvalue weighted by molar-refractivity contribution is 0.201. The number of likely N-dealkylation sites (tertiary alicyclic amines) is 1. The van der Waals surface area contributed by atoms with E-state index in [-0.39, 0.29) is 6.04 Å². The summed E-state index contributed by atoms with van der Waals surface area (Å²) >= 11 is 0. The number of likely N-dealkylation sites (N-methyl/N-ethyl adjacent to an activating group) is 1. The van der Waals surface area contributed by atoms with Crippen LogP contribution in [0.5, 0.6) is 0 Å². The molecule has 0 unspecified atom stereocenters. The molecule has 15 heavy (non-hydrogen) atoms. The molecule has 1 heterocycles. The number of hydrogen-bond acceptors (Lipinski definition) is 2. The van der Waals surface area contributed by atoms with Crippen LogP contribution in [0.25, 0.3) is 0 Å². The maximum absolute atomic E-state index is 9.20. The van der Waals surface area contributed by atoms with Gasteiger partial charge in [-0.1, -0.05) is 30.3 Å². The van der Waals surface area contributed by atoms with Crippen molar-refractivity contribution in [1.82, 2.24) is 4.90 Å². The summed E-state index contributed by atoms with van der Waals surface area (Å²) in [6.07, 6.45) is 2.32. The Balaban J connectivity index is 2.24. The normalized spacial score (nSPS) is 27.2. The Morgan fingerprint density at radius 1 is 1.33 bits per heavy atom. The van der Waals surface area contributed by atoms with Gasteiger partial charge in [-0.25, -0.2) is 0 Å². The zero-order valence-electron chi connectivity index (χ0n) is 9.06. The molecule has 2 nitrogen and oxygen atoms in total. The summed E-state index contributed by atoms with van der Waals surface area (Å²) in [5, 5.41) is 9.20. The molecule has 0 aromatic heterocycles. The second-order valence-corrected chi connectivity index (χ2v) is 4.21. The van der Waals surface area contributed by atoms with E-state index >= 15 is 0 Å². The van der Waals surface area contributed by atoms with Gasteiger partial charge in [0.15, 0.2) is 0 Å². The van der Waals surface area contributed by atoms with Crippen LogP contribution in [0.3, 0.4) is 0 Å². The second-order valence-electron chi connectivity index (χ2n) is 4.21. The van der Waals surface area contributed by atoms with Crippen molar-refractivity contribution < 1.29 is 0 Å². The highest BCUT2D eigenvalue weighted by atomic mass is 15.1. The van der Waals surface area contributed by atoms with E-state index in [1.807, 2.05) is 13.1 Å². The Morgan fingerprint density at radius 2 is 2.07 bits per heavy atom. The smallest absolute Gasteiger partial charge is 0.104 e. The van der Waals surface area contributed by atoms with E-state index in [2.05, 4.69) is 35.2 Å². The lowest BCUT2D eigenvalue weighted by atomic mass is 9.84. The van der Waals surface area contributed by atoms with Crippen LogP contribution >= 0.6 is 0 Å². The maximum Gasteiger partial charge on any atom is 0.104 e. The third-order valence-electron chi connectivity index (χ3n) is 3.24. The molecule has 78 valence electrons. The molecule has 0 radical (unpaired) electrons. The molecule has 1 saturated heterocycles. The summed E-state index contributed by atoms with van der Waals surface area (Å²) < 4.78 is 0. The van der Waals surface area contributed by atoms with Crippen LogP contribution in [0.1, 0.15) is 24.3 Å². The summed E-state index contributed by atoms with van der Waals surface area (Å²) in [4.78, 5) is 2.17. The van der Waals surface area contributed by atoms with Crippen LogP contribution in [0.2, 0.25) is 0 Å². The molecule has 2 atom stereocenters. The highest BCUT2D eigenvalue weighted by molar-refractivity contribution is 5.24. The van der Waals surface area contributed by atoms with E-state index in [0.717, 1.165) is 13.0 Å². The van der Waals surface area contributed by atoms with E-state index in [4.69, 9.17) is 0 Å². The van der Waals surface area contributed by atoms with Crippen LogP contribution in [0.4, 0.5) is 0 Å². The van der Waals surface area contributed by atoms with Crippen molar-refractivity contribution in [3.05, 3.63) is 35.9 Å². The van der Waals surface area contributed by atoms with Crippen molar-refractivity contribution in [3.63, 3.8) is 0 Å². The first kappa shape index (κ1) is 10.2. The number of nitrogens with zero attached hydrogens (tertiary/aromatic N) is 2. The van der Waals surface area contributed by atoms with Gasteiger partial charge < -0.3 is 0 Å². The molecule has 2 heteroatoms. The van der Waals surface area contributed by atoms with Crippen LogP contribution in [0.15, 0.2) is 30.3 Å². The van der Waals surface area contributed by atoms with Crippen molar-refractivity contribution in [2.24, 2.45) is 0 Å². The van der Waals surface area contributed by atoms with E-state index in [9.17, 15) is 5.26 Å². The highest BCUT2D eigenvalue weighted by Gasteiger charge is 2.29. The van der Waals surface area contributed by atoms with Gasteiger partial charge in [0, 0.05) is 5.92 Å². The fourth-order valence-electron chi connectivity index (χ4n) is 2.40. The fraction of sp³-hybridized carbons (Fsp3) is 0.462. The van der Waals surface area contributed by atoms with Gasteiger partial charge in [0.2, 0.25) is 0 Å². The number of nitriles is 1. The monoisotopic (exact) mass is 200 g/mol. The lowest BCUT2D eigenvalue weighted by Gasteiger charge is -2.35. The SMILES string of the molecule is CN1CCC[C@H](c2ccccc2)[C@H]1C#N. The van der Waals surface area contributed by atoms with Gasteiger partial charge in [-0.2, -0.15) is 5.26 Å². The predicted octanol–water partition coefficient (Wildman–Crippen LogP) is 2.39. The summed E-state index contributed by atoms with van der Waals surface area (Å²) in [7, 11) is 2.04. The average molecular weight is 200 g/mol. The van der Waals surface area contributed by atoms with Gasteiger partial charge in [-0.3, -0.25) is 4.90 Å². The molecular formula is C13H16N2. The van der Waals surface area contributed by atoms with Gasteiger partial charge >= 0.3 is 0 Å². The van der Waals surface area contributed by atoms with Crippen molar-refractivity contribution in [3.8, 4) is 6.07 Å². The van der Waals surface area contributed by atoms with E-state index in [1.165, 1.54) is 12.0 Å². The first-order valence-electron chi connectivity index (χ1n) is 5.47. The van der Waals surface area contributed by atoms with Crippen molar-refractivity contribution in [2.45, 2.75) is 24.8 Å². The van der Waals surface area contributed by atoms with E-state index in [1.54, 1.807) is 0 Å². The second kappa shape index (κ2) is 4.46. The molecular weight excluding hydrogens is 184 g/mol. The molecule has 2 rings (SSSR count). The lowest BCUT2D eigenvalue weighted by Crippen LogP contribution is -2.40. The van der Waals surface area contributed by atoms with Crippen molar-refractivity contribution >= 4 is 0 Å². The van der Waals surface area contributed by atoms with Gasteiger partial charge in [0.05, 0.1) is 6.07 Å². The molecule has 0 amide bonds. The number of hydrogen-bond donors (Lipinski definition) is 0. The number of piperidine rings is 1. The Bertz CT molecular complexity index is 353. The van der Waals surface area contributed by atoms with Crippen molar-refractivity contribution in [1.29, 1.82) is 5.26 Å². The summed E-state index contributed by atoms with van der Waals surface area (Å²) in [6.45, 7) is 1.04. The summed E-state index contributed by atoms with van der Waals surface area (Å²) in [6, 6.07) is 12.9. The topological polar surface area (TPSA) is 27.0 Å². The summed E-state index contributed by atoms with van der Waals surface area (Å²) in [5.41, 5.74) is 1.30. The first-order chi connectivity index (χ1) is 7.33. The summed E-state index contributed by atoms with van der Waals surface area (Å²) in [5.74, 6) is 0.384. The molecule has 0 saturated carbocycles. The molecule has 0 aliphatic carbocycles. The Labute approximate surface area is 91.1 Å². The average Bonchev–Trinajstić information content (AvgIpc) is 2.30. The minimum Gasteiger partial charge on any atom is -0.291 e. The molecule has 1 fully saturated rings. The van der Waals surface area contributed by atoms with Gasteiger partial charge in [0.25, 0.3) is 0 Å². The molecule has 1 aliphatic heterocycles. The van der Waals surface area contributed by atoms with Gasteiger partial charge in [-0.05, 0) is 32.0 Å². The van der Waals surface area contributed by atoms with E-state index < -0.39 is 0 Å². The predicted molar refractivity (Wildman–Crippen MR) is 60.4 cm³/mol. The number of rotatable bonds is 1. The van der Waals surface area contributed by atoms with Crippen LogP contribution in [-0.4, -0.2) is 24.5 Å². The highest BCUT2D eigenvalue weighted by Crippen LogP contribution is 2.31. The Hall–Kier alpha value is -1.33. The molecule has 0 bridgehead atoms. The molecule has 0 N–H and O–H groups in total. The van der Waals surface area contributed by atoms with Crippen LogP contribution < -0.4 is 0 Å². The standard InChI is InChI=1S/C13H16N2/c1-15-9-5-8-12(13(15)10-14)11-6-3-2-4-7-11/h2-4,6-7,12-13H,5,8-9H2,1H3/t12-,13-/m1/s1. The number of benzene rings is 1. The first-order valence-corrected chi connectivity index (χ1v) is 5.47. The zero-order valence-corrected chi connectivity index (χ0v) is 9.06. The fourth-order valence-corrected chi connectivity index (χ4v) is 2.40. The molecule has 1 aromatic carbocycles. The van der Waals surface area contributed by atoms with Gasteiger partial charge in [-0.15, -0.1) is 0 Å². The zero-order chi connectivity index (χ0) is 10.7. The largest absolute Gasteiger partial charge is 0.291 e. The Kier molecular flexibility index (Phi) is 3.03. The molecule has 1 aliphatic rings. The molecule has 1 aromatic rings. The van der Waals surface area contributed by atoms with E-state index in [0.29, 0.717) is 5.92 Å².